The number of rotatable bonds is 7. The van der Waals surface area contributed by atoms with Gasteiger partial charge < -0.3 is 31.5 Å². The molecule has 2 aromatic heterocycles. The van der Waals surface area contributed by atoms with E-state index in [1.807, 2.05) is 6.07 Å². The van der Waals surface area contributed by atoms with Crippen LogP contribution in [-0.4, -0.2) is 64.3 Å². The molecule has 0 saturated carbocycles. The van der Waals surface area contributed by atoms with Crippen molar-refractivity contribution < 1.29 is 19.4 Å². The zero-order valence-corrected chi connectivity index (χ0v) is 18.3. The molecule has 0 unspecified atom stereocenters. The van der Waals surface area contributed by atoms with Crippen molar-refractivity contribution in [3.63, 3.8) is 0 Å². The first-order chi connectivity index (χ1) is 16.4. The first-order valence-electron chi connectivity index (χ1n) is 10.7. The summed E-state index contributed by atoms with van der Waals surface area (Å²) in [5, 5.41) is 11.8. The summed E-state index contributed by atoms with van der Waals surface area (Å²) < 4.78 is 5.41. The molecule has 0 bridgehead atoms. The molecule has 1 fully saturated rings. The number of aliphatic carboxylic acids is 1. The molecule has 1 aliphatic rings. The minimum Gasteiger partial charge on any atom is -0.480 e. The van der Waals surface area contributed by atoms with Gasteiger partial charge in [0.1, 0.15) is 6.04 Å². The van der Waals surface area contributed by atoms with Crippen LogP contribution in [0.15, 0.2) is 48.9 Å². The first-order valence-corrected chi connectivity index (χ1v) is 10.7. The lowest BCUT2D eigenvalue weighted by atomic mass is 10.0. The van der Waals surface area contributed by atoms with Gasteiger partial charge >= 0.3 is 5.97 Å². The predicted molar refractivity (Wildman–Crippen MR) is 126 cm³/mol. The third kappa shape index (κ3) is 5.27. The number of benzene rings is 1. The average molecular weight is 463 g/mol. The van der Waals surface area contributed by atoms with Crippen molar-refractivity contribution in [3.8, 4) is 11.3 Å². The Labute approximate surface area is 195 Å². The van der Waals surface area contributed by atoms with Gasteiger partial charge in [0.2, 0.25) is 0 Å². The summed E-state index contributed by atoms with van der Waals surface area (Å²) in [6, 6.07) is 7.92. The van der Waals surface area contributed by atoms with Gasteiger partial charge in [-0.15, -0.1) is 0 Å². The van der Waals surface area contributed by atoms with E-state index in [0.29, 0.717) is 43.2 Å². The Morgan fingerprint density at radius 2 is 1.88 bits per heavy atom. The van der Waals surface area contributed by atoms with E-state index < -0.39 is 17.9 Å². The molecule has 34 heavy (non-hydrogen) atoms. The molecular weight excluding hydrogens is 438 g/mol. The van der Waals surface area contributed by atoms with E-state index in [-0.39, 0.29) is 17.9 Å². The smallest absolute Gasteiger partial charge is 0.320 e. The van der Waals surface area contributed by atoms with Crippen LogP contribution in [-0.2, 0) is 16.0 Å². The summed E-state index contributed by atoms with van der Waals surface area (Å²) in [6.07, 6.45) is 4.93. The standard InChI is InChI=1S/C23H25N7O4/c24-16(23(32)33)11-14-1-3-15(4-2-14)17-13-27-21(25)20(28-17)22(31)29-18-12-26-6-5-19(18)30-7-9-34-10-8-30/h1-6,12-13,16H,7-11,24H2,(H2,25,27)(H,29,31)(H,32,33)/t16-/m0/s1. The van der Waals surface area contributed by atoms with Gasteiger partial charge in [-0.05, 0) is 18.1 Å². The van der Waals surface area contributed by atoms with Gasteiger partial charge in [-0.2, -0.15) is 0 Å². The summed E-state index contributed by atoms with van der Waals surface area (Å²) in [4.78, 5) is 38.8. The number of nitrogens with zero attached hydrogens (tertiary/aromatic N) is 4. The molecule has 1 aromatic carbocycles. The molecule has 1 aliphatic heterocycles. The van der Waals surface area contributed by atoms with Crippen molar-refractivity contribution >= 4 is 29.1 Å². The molecule has 0 spiro atoms. The number of carbonyl (C=O) groups excluding carboxylic acids is 1. The van der Waals surface area contributed by atoms with Crippen molar-refractivity contribution in [2.45, 2.75) is 12.5 Å². The van der Waals surface area contributed by atoms with E-state index >= 15 is 0 Å². The summed E-state index contributed by atoms with van der Waals surface area (Å²) >= 11 is 0. The fourth-order valence-electron chi connectivity index (χ4n) is 3.60. The summed E-state index contributed by atoms with van der Waals surface area (Å²) in [5.41, 5.74) is 14.9. The molecular formula is C23H25N7O4. The average Bonchev–Trinajstić information content (AvgIpc) is 2.85. The monoisotopic (exact) mass is 463 g/mol. The van der Waals surface area contributed by atoms with Crippen molar-refractivity contribution in [2.75, 3.05) is 42.3 Å². The highest BCUT2D eigenvalue weighted by atomic mass is 16.5. The molecule has 11 heteroatoms. The maximum atomic E-state index is 13.1. The zero-order valence-electron chi connectivity index (χ0n) is 18.3. The Morgan fingerprint density at radius 1 is 1.15 bits per heavy atom. The largest absolute Gasteiger partial charge is 0.480 e. The fourth-order valence-corrected chi connectivity index (χ4v) is 3.60. The number of nitrogens with two attached hydrogens (primary N) is 2. The molecule has 3 aromatic rings. The molecule has 11 nitrogen and oxygen atoms in total. The molecule has 0 radical (unpaired) electrons. The lowest BCUT2D eigenvalue weighted by Gasteiger charge is -2.30. The highest BCUT2D eigenvalue weighted by molar-refractivity contribution is 6.07. The number of pyridine rings is 1. The van der Waals surface area contributed by atoms with Gasteiger partial charge in [0, 0.05) is 24.8 Å². The molecule has 176 valence electrons. The molecule has 1 atom stereocenters. The maximum Gasteiger partial charge on any atom is 0.320 e. The number of morpholine rings is 1. The molecule has 6 N–H and O–H groups in total. The Bertz CT molecular complexity index is 1180. The minimum atomic E-state index is -1.06. The van der Waals surface area contributed by atoms with E-state index in [9.17, 15) is 9.59 Å². The van der Waals surface area contributed by atoms with Crippen LogP contribution < -0.4 is 21.7 Å². The number of carboxylic acid groups (broad SMARTS) is 1. The normalized spacial score (nSPS) is 14.4. The van der Waals surface area contributed by atoms with Crippen LogP contribution in [0.4, 0.5) is 17.2 Å². The third-order valence-corrected chi connectivity index (χ3v) is 5.44. The number of carboxylic acids is 1. The topological polar surface area (TPSA) is 170 Å². The predicted octanol–water partition coefficient (Wildman–Crippen LogP) is 1.16. The van der Waals surface area contributed by atoms with Crippen molar-refractivity contribution in [2.24, 2.45) is 5.73 Å². The molecule has 4 rings (SSSR count). The van der Waals surface area contributed by atoms with Gasteiger partial charge in [0.25, 0.3) is 5.91 Å². The highest BCUT2D eigenvalue weighted by Crippen LogP contribution is 2.26. The number of aromatic nitrogens is 3. The quantitative estimate of drug-likeness (QED) is 0.399. The van der Waals surface area contributed by atoms with Gasteiger partial charge in [0.15, 0.2) is 11.5 Å². The second-order valence-electron chi connectivity index (χ2n) is 7.78. The van der Waals surface area contributed by atoms with Crippen LogP contribution in [0.5, 0.6) is 0 Å². The SMILES string of the molecule is Nc1ncc(-c2ccc(C[C@H](N)C(=O)O)cc2)nc1C(=O)Nc1cnccc1N1CCOCC1. The van der Waals surface area contributed by atoms with Crippen molar-refractivity contribution in [3.05, 3.63) is 60.2 Å². The number of anilines is 3. The summed E-state index contributed by atoms with van der Waals surface area (Å²) in [5.74, 6) is -1.56. The zero-order chi connectivity index (χ0) is 24.1. The van der Waals surface area contributed by atoms with E-state index in [0.717, 1.165) is 11.3 Å². The van der Waals surface area contributed by atoms with E-state index in [2.05, 4.69) is 25.2 Å². The first kappa shape index (κ1) is 23.1. The maximum absolute atomic E-state index is 13.1. The van der Waals surface area contributed by atoms with Crippen LogP contribution in [0.3, 0.4) is 0 Å². The lowest BCUT2D eigenvalue weighted by molar-refractivity contribution is -0.138. The Kier molecular flexibility index (Phi) is 6.95. The number of carbonyl (C=O) groups is 2. The van der Waals surface area contributed by atoms with Crippen molar-refractivity contribution in [1.29, 1.82) is 0 Å². The second-order valence-corrected chi connectivity index (χ2v) is 7.78. The Balaban J connectivity index is 1.54. The molecule has 1 amide bonds. The molecule has 3 heterocycles. The van der Waals surface area contributed by atoms with E-state index in [1.165, 1.54) is 6.20 Å². The van der Waals surface area contributed by atoms with Gasteiger partial charge in [-0.3, -0.25) is 14.6 Å². The van der Waals surface area contributed by atoms with Crippen LogP contribution in [0.25, 0.3) is 11.3 Å². The molecule has 1 saturated heterocycles. The second kappa shape index (κ2) is 10.2. The van der Waals surface area contributed by atoms with Crippen LogP contribution in [0, 0.1) is 0 Å². The van der Waals surface area contributed by atoms with E-state index in [4.69, 9.17) is 21.3 Å². The minimum absolute atomic E-state index is 0.00196. The van der Waals surface area contributed by atoms with Crippen molar-refractivity contribution in [1.82, 2.24) is 15.0 Å². The van der Waals surface area contributed by atoms with Gasteiger partial charge in [-0.25, -0.2) is 9.97 Å². The van der Waals surface area contributed by atoms with Crippen LogP contribution in [0.2, 0.25) is 0 Å². The lowest BCUT2D eigenvalue weighted by Crippen LogP contribution is -2.36. The summed E-state index contributed by atoms with van der Waals surface area (Å²) in [6.45, 7) is 2.63. The van der Waals surface area contributed by atoms with Crippen LogP contribution >= 0.6 is 0 Å². The number of amides is 1. The number of ether oxygens (including phenoxy) is 1. The fraction of sp³-hybridized carbons (Fsp3) is 0.261. The Morgan fingerprint density at radius 3 is 2.59 bits per heavy atom. The molecule has 0 aliphatic carbocycles. The number of nitrogens with one attached hydrogen (secondary N) is 1. The van der Waals surface area contributed by atoms with E-state index in [1.54, 1.807) is 36.7 Å². The van der Waals surface area contributed by atoms with Gasteiger partial charge in [-0.1, -0.05) is 24.3 Å². The third-order valence-electron chi connectivity index (χ3n) is 5.44. The number of hydrogen-bond acceptors (Lipinski definition) is 9. The number of nitrogen functional groups attached to an aromatic ring is 1. The van der Waals surface area contributed by atoms with Crippen LogP contribution in [0.1, 0.15) is 16.1 Å². The number of hydrogen-bond donors (Lipinski definition) is 4. The highest BCUT2D eigenvalue weighted by Gasteiger charge is 2.20. The Hall–Kier alpha value is -4.09. The van der Waals surface area contributed by atoms with Gasteiger partial charge in [0.05, 0.1) is 42.7 Å². The summed E-state index contributed by atoms with van der Waals surface area (Å²) in [7, 11) is 0.